The van der Waals surface area contributed by atoms with Crippen molar-refractivity contribution in [3.05, 3.63) is 30.3 Å². The van der Waals surface area contributed by atoms with E-state index in [9.17, 15) is 13.5 Å². The van der Waals surface area contributed by atoms with E-state index >= 15 is 0 Å². The summed E-state index contributed by atoms with van der Waals surface area (Å²) in [6.07, 6.45) is 1.08. The molecule has 1 aromatic carbocycles. The van der Waals surface area contributed by atoms with Gasteiger partial charge in [-0.3, -0.25) is 0 Å². The molecule has 0 bridgehead atoms. The van der Waals surface area contributed by atoms with Crippen LogP contribution in [0.3, 0.4) is 0 Å². The van der Waals surface area contributed by atoms with Crippen LogP contribution in [0.2, 0.25) is 0 Å². The fraction of sp³-hybridized carbons (Fsp3) is 0.538. The lowest BCUT2D eigenvalue weighted by molar-refractivity contribution is 0.181. The van der Waals surface area contributed by atoms with E-state index < -0.39 is 21.2 Å². The lowest BCUT2D eigenvalue weighted by Crippen LogP contribution is -2.25. The Morgan fingerprint density at radius 2 is 1.82 bits per heavy atom. The number of aliphatic hydroxyl groups excluding tert-OH is 1. The first kappa shape index (κ1) is 14.2. The number of sulfone groups is 1. The molecule has 0 aliphatic carbocycles. The van der Waals surface area contributed by atoms with Gasteiger partial charge in [-0.25, -0.2) is 8.42 Å². The number of hydrogen-bond donors (Lipinski definition) is 1. The van der Waals surface area contributed by atoms with Gasteiger partial charge in [0.1, 0.15) is 0 Å². The van der Waals surface area contributed by atoms with Crippen molar-refractivity contribution in [1.82, 2.24) is 0 Å². The molecule has 0 spiro atoms. The highest BCUT2D eigenvalue weighted by molar-refractivity contribution is 7.92. The van der Waals surface area contributed by atoms with Crippen LogP contribution in [-0.4, -0.2) is 24.9 Å². The van der Waals surface area contributed by atoms with Gasteiger partial charge in [0.05, 0.1) is 16.2 Å². The molecule has 0 radical (unpaired) electrons. The maximum absolute atomic E-state index is 12.3. The first-order valence-corrected chi connectivity index (χ1v) is 7.50. The average molecular weight is 256 g/mol. The van der Waals surface area contributed by atoms with Crippen LogP contribution in [0.25, 0.3) is 0 Å². The van der Waals surface area contributed by atoms with Gasteiger partial charge in [0.2, 0.25) is 0 Å². The molecule has 17 heavy (non-hydrogen) atoms. The van der Waals surface area contributed by atoms with Crippen LogP contribution in [0.4, 0.5) is 0 Å². The van der Waals surface area contributed by atoms with Gasteiger partial charge in [-0.15, -0.1) is 0 Å². The van der Waals surface area contributed by atoms with Gasteiger partial charge in [0.15, 0.2) is 9.84 Å². The molecule has 0 saturated heterocycles. The summed E-state index contributed by atoms with van der Waals surface area (Å²) in [4.78, 5) is 0.346. The standard InChI is InChI=1S/C13H20O3S/c1-3-7-13(10-11(2)14)17(15,16)12-8-5-4-6-9-12/h4-6,8-9,11,13-14H,3,7,10H2,1-2H3/t11-,13?/m0/s1. The average Bonchev–Trinajstić information content (AvgIpc) is 2.29. The Bertz CT molecular complexity index is 423. The first-order valence-electron chi connectivity index (χ1n) is 5.95. The molecule has 0 saturated carbocycles. The third-order valence-corrected chi connectivity index (χ3v) is 4.96. The van der Waals surface area contributed by atoms with E-state index in [0.29, 0.717) is 17.7 Å². The number of benzene rings is 1. The van der Waals surface area contributed by atoms with E-state index in [1.165, 1.54) is 0 Å². The maximum atomic E-state index is 12.3. The highest BCUT2D eigenvalue weighted by Crippen LogP contribution is 2.22. The molecule has 0 aliphatic rings. The summed E-state index contributed by atoms with van der Waals surface area (Å²) in [6, 6.07) is 8.46. The molecule has 3 nitrogen and oxygen atoms in total. The van der Waals surface area contributed by atoms with E-state index in [-0.39, 0.29) is 0 Å². The van der Waals surface area contributed by atoms with Crippen molar-refractivity contribution in [3.8, 4) is 0 Å². The van der Waals surface area contributed by atoms with Gasteiger partial charge in [-0.2, -0.15) is 0 Å². The first-order chi connectivity index (χ1) is 7.98. The lowest BCUT2D eigenvalue weighted by atomic mass is 10.1. The van der Waals surface area contributed by atoms with Crippen LogP contribution >= 0.6 is 0 Å². The van der Waals surface area contributed by atoms with E-state index in [4.69, 9.17) is 0 Å². The summed E-state index contributed by atoms with van der Waals surface area (Å²) in [5.74, 6) is 0. The van der Waals surface area contributed by atoms with Crippen LogP contribution < -0.4 is 0 Å². The quantitative estimate of drug-likeness (QED) is 0.850. The largest absolute Gasteiger partial charge is 0.393 e. The fourth-order valence-corrected chi connectivity index (χ4v) is 3.90. The SMILES string of the molecule is CCCC(C[C@H](C)O)S(=O)(=O)c1ccccc1. The van der Waals surface area contributed by atoms with Crippen molar-refractivity contribution < 1.29 is 13.5 Å². The van der Waals surface area contributed by atoms with Crippen molar-refractivity contribution >= 4 is 9.84 Å². The molecule has 4 heteroatoms. The maximum Gasteiger partial charge on any atom is 0.181 e. The monoisotopic (exact) mass is 256 g/mol. The number of hydrogen-bond acceptors (Lipinski definition) is 3. The highest BCUT2D eigenvalue weighted by Gasteiger charge is 2.27. The van der Waals surface area contributed by atoms with Gasteiger partial charge in [-0.05, 0) is 31.9 Å². The minimum absolute atomic E-state index is 0.297. The van der Waals surface area contributed by atoms with Gasteiger partial charge in [-0.1, -0.05) is 31.5 Å². The summed E-state index contributed by atoms with van der Waals surface area (Å²) in [5, 5.41) is 8.90. The third-order valence-electron chi connectivity index (χ3n) is 2.73. The van der Waals surface area contributed by atoms with Crippen molar-refractivity contribution in [1.29, 1.82) is 0 Å². The predicted octanol–water partition coefficient (Wildman–Crippen LogP) is 2.40. The molecular formula is C13H20O3S. The van der Waals surface area contributed by atoms with E-state index in [1.807, 2.05) is 6.92 Å². The predicted molar refractivity (Wildman–Crippen MR) is 68.6 cm³/mol. The zero-order valence-electron chi connectivity index (χ0n) is 10.3. The van der Waals surface area contributed by atoms with E-state index in [2.05, 4.69) is 0 Å². The van der Waals surface area contributed by atoms with E-state index in [0.717, 1.165) is 6.42 Å². The van der Waals surface area contributed by atoms with Gasteiger partial charge < -0.3 is 5.11 Å². The summed E-state index contributed by atoms with van der Waals surface area (Å²) in [6.45, 7) is 3.58. The zero-order valence-corrected chi connectivity index (χ0v) is 11.2. The second-order valence-electron chi connectivity index (χ2n) is 4.35. The highest BCUT2D eigenvalue weighted by atomic mass is 32.2. The Morgan fingerprint density at radius 3 is 2.29 bits per heavy atom. The fourth-order valence-electron chi connectivity index (χ4n) is 1.90. The van der Waals surface area contributed by atoms with Crippen LogP contribution in [0.5, 0.6) is 0 Å². The molecule has 1 rings (SSSR count). The summed E-state index contributed by atoms with van der Waals surface area (Å²) in [7, 11) is -3.32. The third kappa shape index (κ3) is 3.82. The number of aliphatic hydroxyl groups is 1. The molecule has 96 valence electrons. The van der Waals surface area contributed by atoms with E-state index in [1.54, 1.807) is 37.3 Å². The smallest absolute Gasteiger partial charge is 0.181 e. The zero-order chi connectivity index (χ0) is 12.9. The Kier molecular flexibility index (Phi) is 5.15. The summed E-state index contributed by atoms with van der Waals surface area (Å²) >= 11 is 0. The van der Waals surface area contributed by atoms with Crippen LogP contribution in [0, 0.1) is 0 Å². The molecule has 1 N–H and O–H groups in total. The Morgan fingerprint density at radius 1 is 1.24 bits per heavy atom. The van der Waals surface area contributed by atoms with Crippen molar-refractivity contribution in [2.45, 2.75) is 49.4 Å². The van der Waals surface area contributed by atoms with Gasteiger partial charge in [0.25, 0.3) is 0 Å². The molecule has 0 fully saturated rings. The lowest BCUT2D eigenvalue weighted by Gasteiger charge is -2.18. The number of rotatable bonds is 6. The molecule has 0 aromatic heterocycles. The Balaban J connectivity index is 3.00. The Labute approximate surface area is 103 Å². The summed E-state index contributed by atoms with van der Waals surface area (Å²) < 4.78 is 24.7. The Hall–Kier alpha value is -0.870. The molecular weight excluding hydrogens is 236 g/mol. The molecule has 1 aromatic rings. The van der Waals surface area contributed by atoms with Crippen LogP contribution in [0.1, 0.15) is 33.1 Å². The van der Waals surface area contributed by atoms with Crippen LogP contribution in [0.15, 0.2) is 35.2 Å². The molecule has 0 amide bonds. The molecule has 2 atom stereocenters. The molecule has 0 aliphatic heterocycles. The minimum atomic E-state index is -3.32. The second kappa shape index (κ2) is 6.17. The second-order valence-corrected chi connectivity index (χ2v) is 6.58. The van der Waals surface area contributed by atoms with Crippen molar-refractivity contribution in [2.75, 3.05) is 0 Å². The molecule has 0 heterocycles. The summed E-state index contributed by atoms with van der Waals surface area (Å²) in [5.41, 5.74) is 0. The van der Waals surface area contributed by atoms with Gasteiger partial charge in [0, 0.05) is 0 Å². The van der Waals surface area contributed by atoms with Crippen LogP contribution in [-0.2, 0) is 9.84 Å². The molecule has 1 unspecified atom stereocenters. The van der Waals surface area contributed by atoms with Crippen molar-refractivity contribution in [2.24, 2.45) is 0 Å². The minimum Gasteiger partial charge on any atom is -0.393 e. The van der Waals surface area contributed by atoms with Gasteiger partial charge >= 0.3 is 0 Å². The van der Waals surface area contributed by atoms with Crippen molar-refractivity contribution in [3.63, 3.8) is 0 Å². The topological polar surface area (TPSA) is 54.4 Å². The normalized spacial score (nSPS) is 15.5.